The highest BCUT2D eigenvalue weighted by molar-refractivity contribution is 5.75. The van der Waals surface area contributed by atoms with Crippen molar-refractivity contribution in [3.05, 3.63) is 0 Å². The SMILES string of the molecule is CCNC(CCN1CCN(C(C)(C)C)CC1)C(=O)OC. The Kier molecular flexibility index (Phi) is 6.92. The van der Waals surface area contributed by atoms with Crippen molar-refractivity contribution in [2.45, 2.75) is 45.7 Å². The minimum absolute atomic E-state index is 0.153. The standard InChI is InChI=1S/C15H31N3O2/c1-6-16-13(14(19)20-5)7-8-17-9-11-18(12-10-17)15(2,3)4/h13,16H,6-12H2,1-5H3. The number of rotatable bonds is 6. The Hall–Kier alpha value is -0.650. The van der Waals surface area contributed by atoms with Gasteiger partial charge < -0.3 is 15.0 Å². The van der Waals surface area contributed by atoms with Gasteiger partial charge in [0.15, 0.2) is 0 Å². The van der Waals surface area contributed by atoms with Gasteiger partial charge in [-0.05, 0) is 33.7 Å². The molecule has 0 amide bonds. The first-order chi connectivity index (χ1) is 9.38. The van der Waals surface area contributed by atoms with E-state index in [0.717, 1.165) is 45.7 Å². The summed E-state index contributed by atoms with van der Waals surface area (Å²) in [4.78, 5) is 16.6. The molecule has 1 heterocycles. The second-order valence-corrected chi connectivity index (χ2v) is 6.42. The van der Waals surface area contributed by atoms with Crippen molar-refractivity contribution in [1.82, 2.24) is 15.1 Å². The fraction of sp³-hybridized carbons (Fsp3) is 0.933. The zero-order valence-corrected chi connectivity index (χ0v) is 13.7. The van der Waals surface area contributed by atoms with Gasteiger partial charge in [-0.15, -0.1) is 0 Å². The summed E-state index contributed by atoms with van der Waals surface area (Å²) in [6.07, 6.45) is 0.816. The zero-order valence-electron chi connectivity index (χ0n) is 13.7. The van der Waals surface area contributed by atoms with Crippen molar-refractivity contribution >= 4 is 5.97 Å². The molecule has 0 spiro atoms. The molecular formula is C15H31N3O2. The minimum atomic E-state index is -0.175. The zero-order chi connectivity index (χ0) is 15.2. The number of likely N-dealkylation sites (N-methyl/N-ethyl adjacent to an activating group) is 1. The van der Waals surface area contributed by atoms with Crippen molar-refractivity contribution in [3.63, 3.8) is 0 Å². The lowest BCUT2D eigenvalue weighted by Gasteiger charge is -2.42. The van der Waals surface area contributed by atoms with Gasteiger partial charge >= 0.3 is 5.97 Å². The third kappa shape index (κ3) is 5.38. The summed E-state index contributed by atoms with van der Waals surface area (Å²) in [5.41, 5.74) is 0.254. The highest BCUT2D eigenvalue weighted by Crippen LogP contribution is 2.16. The van der Waals surface area contributed by atoms with Crippen LogP contribution in [0.3, 0.4) is 0 Å². The van der Waals surface area contributed by atoms with Crippen LogP contribution < -0.4 is 5.32 Å². The molecule has 1 aliphatic heterocycles. The van der Waals surface area contributed by atoms with E-state index in [9.17, 15) is 4.79 Å². The average Bonchev–Trinajstić information content (AvgIpc) is 2.42. The molecular weight excluding hydrogens is 254 g/mol. The van der Waals surface area contributed by atoms with Crippen molar-refractivity contribution in [2.75, 3.05) is 46.4 Å². The lowest BCUT2D eigenvalue weighted by Crippen LogP contribution is -2.54. The normalized spacial score (nSPS) is 19.9. The van der Waals surface area contributed by atoms with E-state index >= 15 is 0 Å². The topological polar surface area (TPSA) is 44.8 Å². The molecule has 0 saturated carbocycles. The van der Waals surface area contributed by atoms with Gasteiger partial charge in [0.25, 0.3) is 0 Å². The lowest BCUT2D eigenvalue weighted by atomic mass is 10.0. The summed E-state index contributed by atoms with van der Waals surface area (Å²) < 4.78 is 4.84. The molecule has 1 N–H and O–H groups in total. The van der Waals surface area contributed by atoms with E-state index in [0.29, 0.717) is 0 Å². The molecule has 0 aliphatic carbocycles. The summed E-state index contributed by atoms with van der Waals surface area (Å²) >= 11 is 0. The fourth-order valence-electron chi connectivity index (χ4n) is 2.65. The van der Waals surface area contributed by atoms with E-state index < -0.39 is 0 Å². The Morgan fingerprint density at radius 3 is 2.30 bits per heavy atom. The highest BCUT2D eigenvalue weighted by Gasteiger charge is 2.26. The molecule has 20 heavy (non-hydrogen) atoms. The van der Waals surface area contributed by atoms with Gasteiger partial charge in [0.1, 0.15) is 6.04 Å². The predicted molar refractivity (Wildman–Crippen MR) is 81.9 cm³/mol. The number of hydrogen-bond acceptors (Lipinski definition) is 5. The molecule has 1 aliphatic rings. The van der Waals surface area contributed by atoms with Gasteiger partial charge in [0, 0.05) is 38.3 Å². The number of methoxy groups -OCH3 is 1. The third-order valence-corrected chi connectivity index (χ3v) is 3.99. The van der Waals surface area contributed by atoms with Gasteiger partial charge in [0.05, 0.1) is 7.11 Å². The van der Waals surface area contributed by atoms with Crippen LogP contribution in [0.15, 0.2) is 0 Å². The first-order valence-electron chi connectivity index (χ1n) is 7.67. The van der Waals surface area contributed by atoms with E-state index in [-0.39, 0.29) is 17.6 Å². The Morgan fingerprint density at radius 2 is 1.85 bits per heavy atom. The number of piperazine rings is 1. The molecule has 118 valence electrons. The van der Waals surface area contributed by atoms with Gasteiger partial charge in [-0.1, -0.05) is 6.92 Å². The van der Waals surface area contributed by atoms with Crippen LogP contribution in [-0.4, -0.2) is 73.7 Å². The molecule has 1 atom stereocenters. The van der Waals surface area contributed by atoms with Gasteiger partial charge in [-0.3, -0.25) is 9.69 Å². The van der Waals surface area contributed by atoms with E-state index in [4.69, 9.17) is 4.74 Å². The molecule has 0 aromatic heterocycles. The van der Waals surface area contributed by atoms with E-state index in [1.165, 1.54) is 7.11 Å². The van der Waals surface area contributed by atoms with Crippen molar-refractivity contribution in [1.29, 1.82) is 0 Å². The molecule has 1 unspecified atom stereocenters. The Balaban J connectivity index is 2.34. The number of nitrogens with zero attached hydrogens (tertiary/aromatic N) is 2. The molecule has 0 radical (unpaired) electrons. The summed E-state index contributed by atoms with van der Waals surface area (Å²) in [6.45, 7) is 14.9. The molecule has 1 rings (SSSR count). The largest absolute Gasteiger partial charge is 0.468 e. The second kappa shape index (κ2) is 7.96. The number of ether oxygens (including phenoxy) is 1. The highest BCUT2D eigenvalue weighted by atomic mass is 16.5. The number of nitrogens with one attached hydrogen (secondary N) is 1. The molecule has 5 nitrogen and oxygen atoms in total. The quantitative estimate of drug-likeness (QED) is 0.736. The number of esters is 1. The van der Waals surface area contributed by atoms with Crippen LogP contribution in [0.2, 0.25) is 0 Å². The summed E-state index contributed by atoms with van der Waals surface area (Å²) in [6, 6.07) is -0.175. The molecule has 0 aromatic carbocycles. The van der Waals surface area contributed by atoms with Gasteiger partial charge in [-0.2, -0.15) is 0 Å². The van der Waals surface area contributed by atoms with Gasteiger partial charge in [0.2, 0.25) is 0 Å². The van der Waals surface area contributed by atoms with Crippen LogP contribution in [0.4, 0.5) is 0 Å². The van der Waals surface area contributed by atoms with Crippen molar-refractivity contribution < 1.29 is 9.53 Å². The maximum atomic E-state index is 11.6. The lowest BCUT2D eigenvalue weighted by molar-refractivity contribution is -0.143. The monoisotopic (exact) mass is 285 g/mol. The van der Waals surface area contributed by atoms with Crippen LogP contribution in [0.1, 0.15) is 34.1 Å². The number of carbonyl (C=O) groups is 1. The predicted octanol–water partition coefficient (Wildman–Crippen LogP) is 0.944. The molecule has 5 heteroatoms. The number of carbonyl (C=O) groups excluding carboxylic acids is 1. The average molecular weight is 285 g/mol. The maximum absolute atomic E-state index is 11.6. The summed E-state index contributed by atoms with van der Waals surface area (Å²) in [5.74, 6) is -0.153. The Labute approximate surface area is 123 Å². The second-order valence-electron chi connectivity index (χ2n) is 6.42. The number of hydrogen-bond donors (Lipinski definition) is 1. The van der Waals surface area contributed by atoms with Crippen molar-refractivity contribution in [3.8, 4) is 0 Å². The first kappa shape index (κ1) is 17.4. The Bertz CT molecular complexity index is 294. The first-order valence-corrected chi connectivity index (χ1v) is 7.67. The van der Waals surface area contributed by atoms with E-state index in [1.54, 1.807) is 0 Å². The van der Waals surface area contributed by atoms with E-state index in [2.05, 4.69) is 35.9 Å². The molecule has 0 aromatic rings. The molecule has 0 bridgehead atoms. The summed E-state index contributed by atoms with van der Waals surface area (Å²) in [7, 11) is 1.45. The van der Waals surface area contributed by atoms with Crippen LogP contribution in [-0.2, 0) is 9.53 Å². The fourth-order valence-corrected chi connectivity index (χ4v) is 2.65. The van der Waals surface area contributed by atoms with Crippen LogP contribution in [0.5, 0.6) is 0 Å². The minimum Gasteiger partial charge on any atom is -0.468 e. The van der Waals surface area contributed by atoms with Crippen LogP contribution in [0.25, 0.3) is 0 Å². The smallest absolute Gasteiger partial charge is 0.322 e. The Morgan fingerprint density at radius 1 is 1.25 bits per heavy atom. The van der Waals surface area contributed by atoms with Crippen LogP contribution in [0, 0.1) is 0 Å². The van der Waals surface area contributed by atoms with E-state index in [1.807, 2.05) is 6.92 Å². The van der Waals surface area contributed by atoms with Gasteiger partial charge in [-0.25, -0.2) is 0 Å². The summed E-state index contributed by atoms with van der Waals surface area (Å²) in [5, 5.41) is 3.19. The maximum Gasteiger partial charge on any atom is 0.322 e. The molecule has 1 saturated heterocycles. The molecule has 1 fully saturated rings. The van der Waals surface area contributed by atoms with Crippen LogP contribution >= 0.6 is 0 Å². The van der Waals surface area contributed by atoms with Crippen molar-refractivity contribution in [2.24, 2.45) is 0 Å². The third-order valence-electron chi connectivity index (χ3n) is 3.99.